The normalized spacial score (nSPS) is 17.6. The first kappa shape index (κ1) is 15.0. The maximum Gasteiger partial charge on any atom is 0.244 e. The van der Waals surface area contributed by atoms with Gasteiger partial charge in [0.1, 0.15) is 0 Å². The van der Waals surface area contributed by atoms with Crippen molar-refractivity contribution < 1.29 is 13.2 Å². The van der Waals surface area contributed by atoms with Crippen LogP contribution in [0, 0.1) is 0 Å². The van der Waals surface area contributed by atoms with Gasteiger partial charge in [-0.2, -0.15) is 0 Å². The van der Waals surface area contributed by atoms with Crippen LogP contribution in [0.3, 0.4) is 0 Å². The summed E-state index contributed by atoms with van der Waals surface area (Å²) in [6.45, 7) is 0. The van der Waals surface area contributed by atoms with Crippen LogP contribution in [0.25, 0.3) is 0 Å². The minimum atomic E-state index is -3.51. The van der Waals surface area contributed by atoms with Gasteiger partial charge >= 0.3 is 0 Å². The van der Waals surface area contributed by atoms with E-state index >= 15 is 0 Å². The third-order valence-corrected chi connectivity index (χ3v) is 5.38. The lowest BCUT2D eigenvalue weighted by molar-refractivity contribution is -0.123. The van der Waals surface area contributed by atoms with Crippen molar-refractivity contribution in [3.8, 4) is 0 Å². The summed E-state index contributed by atoms with van der Waals surface area (Å²) < 4.78 is 25.2. The summed E-state index contributed by atoms with van der Waals surface area (Å²) in [5, 5.41) is 2.69. The van der Waals surface area contributed by atoms with Crippen LogP contribution in [0.2, 0.25) is 0 Å². The van der Waals surface area contributed by atoms with Crippen molar-refractivity contribution in [2.24, 2.45) is 5.73 Å². The predicted octanol–water partition coefficient (Wildman–Crippen LogP) is 0.757. The van der Waals surface area contributed by atoms with E-state index in [1.807, 2.05) is 0 Å². The van der Waals surface area contributed by atoms with Gasteiger partial charge in [-0.15, -0.1) is 0 Å². The lowest BCUT2D eigenvalue weighted by Crippen LogP contribution is -2.56. The Labute approximate surface area is 119 Å². The van der Waals surface area contributed by atoms with Gasteiger partial charge in [0.25, 0.3) is 0 Å². The minimum Gasteiger partial charge on any atom is -0.324 e. The first-order chi connectivity index (χ1) is 9.25. The SMILES string of the molecule is CN(C)S(=O)(=O)c1cccc(NC(=O)C2(N)CCC2)c1. The number of hydrogen-bond acceptors (Lipinski definition) is 4. The van der Waals surface area contributed by atoms with Crippen LogP contribution >= 0.6 is 0 Å². The molecule has 1 amide bonds. The van der Waals surface area contributed by atoms with Gasteiger partial charge in [-0.25, -0.2) is 12.7 Å². The topological polar surface area (TPSA) is 92.5 Å². The molecule has 1 saturated carbocycles. The van der Waals surface area contributed by atoms with Gasteiger partial charge in [-0.1, -0.05) is 6.07 Å². The van der Waals surface area contributed by atoms with Gasteiger partial charge in [0.15, 0.2) is 0 Å². The second-order valence-corrected chi connectivity index (χ2v) is 7.43. The molecule has 1 aromatic rings. The highest BCUT2D eigenvalue weighted by atomic mass is 32.2. The lowest BCUT2D eigenvalue weighted by Gasteiger charge is -2.36. The summed E-state index contributed by atoms with van der Waals surface area (Å²) in [5.74, 6) is -0.261. The highest BCUT2D eigenvalue weighted by Crippen LogP contribution is 2.30. The fraction of sp³-hybridized carbons (Fsp3) is 0.462. The summed E-state index contributed by atoms with van der Waals surface area (Å²) in [7, 11) is -0.587. The molecule has 0 atom stereocenters. The zero-order valence-corrected chi connectivity index (χ0v) is 12.4. The molecule has 0 aromatic heterocycles. The molecule has 0 unspecified atom stereocenters. The molecule has 1 fully saturated rings. The molecule has 0 spiro atoms. The van der Waals surface area contributed by atoms with Crippen LogP contribution in [-0.4, -0.2) is 38.3 Å². The van der Waals surface area contributed by atoms with Crippen molar-refractivity contribution in [2.45, 2.75) is 29.7 Å². The average Bonchev–Trinajstić information content (AvgIpc) is 2.36. The Hall–Kier alpha value is -1.44. The molecule has 0 saturated heterocycles. The number of nitrogens with two attached hydrogens (primary N) is 1. The van der Waals surface area contributed by atoms with Crippen molar-refractivity contribution in [2.75, 3.05) is 19.4 Å². The van der Waals surface area contributed by atoms with Crippen molar-refractivity contribution in [3.63, 3.8) is 0 Å². The van der Waals surface area contributed by atoms with Gasteiger partial charge in [-0.05, 0) is 37.5 Å². The molecule has 6 nitrogen and oxygen atoms in total. The molecular formula is C13H19N3O3S. The summed E-state index contributed by atoms with van der Waals surface area (Å²) in [6, 6.07) is 6.17. The lowest BCUT2D eigenvalue weighted by atomic mass is 9.77. The van der Waals surface area contributed by atoms with E-state index in [4.69, 9.17) is 5.73 Å². The molecule has 2 rings (SSSR count). The Morgan fingerprint density at radius 2 is 2.00 bits per heavy atom. The Bertz CT molecular complexity index is 622. The van der Waals surface area contributed by atoms with Crippen LogP contribution in [0.4, 0.5) is 5.69 Å². The van der Waals surface area contributed by atoms with E-state index in [9.17, 15) is 13.2 Å². The summed E-state index contributed by atoms with van der Waals surface area (Å²) in [5.41, 5.74) is 5.56. The Morgan fingerprint density at radius 3 is 2.50 bits per heavy atom. The zero-order valence-electron chi connectivity index (χ0n) is 11.6. The number of benzene rings is 1. The molecule has 0 heterocycles. The first-order valence-corrected chi connectivity index (χ1v) is 7.83. The average molecular weight is 297 g/mol. The third-order valence-electron chi connectivity index (χ3n) is 3.57. The monoisotopic (exact) mass is 297 g/mol. The van der Waals surface area contributed by atoms with E-state index in [0.29, 0.717) is 18.5 Å². The maximum absolute atomic E-state index is 12.0. The van der Waals surface area contributed by atoms with Gasteiger partial charge in [0.2, 0.25) is 15.9 Å². The molecule has 0 bridgehead atoms. The van der Waals surface area contributed by atoms with Crippen LogP contribution in [0.15, 0.2) is 29.2 Å². The number of amides is 1. The minimum absolute atomic E-state index is 0.139. The zero-order chi connectivity index (χ0) is 15.0. The molecular weight excluding hydrogens is 278 g/mol. The van der Waals surface area contributed by atoms with E-state index in [1.54, 1.807) is 12.1 Å². The third kappa shape index (κ3) is 2.70. The number of hydrogen-bond donors (Lipinski definition) is 2. The smallest absolute Gasteiger partial charge is 0.244 e. The number of sulfonamides is 1. The van der Waals surface area contributed by atoms with Gasteiger partial charge in [-0.3, -0.25) is 4.79 Å². The van der Waals surface area contributed by atoms with Crippen LogP contribution in [-0.2, 0) is 14.8 Å². The van der Waals surface area contributed by atoms with Crippen LogP contribution in [0.5, 0.6) is 0 Å². The Balaban J connectivity index is 2.21. The molecule has 20 heavy (non-hydrogen) atoms. The van der Waals surface area contributed by atoms with Crippen LogP contribution < -0.4 is 11.1 Å². The molecule has 1 aliphatic rings. The maximum atomic E-state index is 12.0. The molecule has 7 heteroatoms. The molecule has 0 aliphatic heterocycles. The molecule has 1 aliphatic carbocycles. The number of carbonyl (C=O) groups excluding carboxylic acids is 1. The number of nitrogens with one attached hydrogen (secondary N) is 1. The fourth-order valence-corrected chi connectivity index (χ4v) is 2.93. The van der Waals surface area contributed by atoms with Gasteiger partial charge < -0.3 is 11.1 Å². The number of anilines is 1. The summed E-state index contributed by atoms with van der Waals surface area (Å²) in [6.07, 6.45) is 2.27. The highest BCUT2D eigenvalue weighted by Gasteiger charge is 2.40. The first-order valence-electron chi connectivity index (χ1n) is 6.39. The van der Waals surface area contributed by atoms with E-state index in [0.717, 1.165) is 10.7 Å². The van der Waals surface area contributed by atoms with Gasteiger partial charge in [0, 0.05) is 19.8 Å². The van der Waals surface area contributed by atoms with E-state index in [2.05, 4.69) is 5.32 Å². The Morgan fingerprint density at radius 1 is 1.35 bits per heavy atom. The second kappa shape index (κ2) is 5.16. The molecule has 110 valence electrons. The van der Waals surface area contributed by atoms with Crippen molar-refractivity contribution in [1.29, 1.82) is 0 Å². The largest absolute Gasteiger partial charge is 0.324 e. The van der Waals surface area contributed by atoms with E-state index < -0.39 is 15.6 Å². The van der Waals surface area contributed by atoms with Gasteiger partial charge in [0.05, 0.1) is 10.4 Å². The number of rotatable bonds is 4. The number of nitrogens with zero attached hydrogens (tertiary/aromatic N) is 1. The standard InChI is InChI=1S/C13H19N3O3S/c1-16(2)20(18,19)11-6-3-5-10(9-11)15-12(17)13(14)7-4-8-13/h3,5-6,9H,4,7-8,14H2,1-2H3,(H,15,17). The fourth-order valence-electron chi connectivity index (χ4n) is 1.99. The molecule has 3 N–H and O–H groups in total. The molecule has 1 aromatic carbocycles. The predicted molar refractivity (Wildman–Crippen MR) is 76.7 cm³/mol. The molecule has 0 radical (unpaired) electrons. The Kier molecular flexibility index (Phi) is 3.86. The van der Waals surface area contributed by atoms with Crippen molar-refractivity contribution in [3.05, 3.63) is 24.3 Å². The summed E-state index contributed by atoms with van der Waals surface area (Å²) >= 11 is 0. The number of carbonyl (C=O) groups is 1. The highest BCUT2D eigenvalue weighted by molar-refractivity contribution is 7.89. The second-order valence-electron chi connectivity index (χ2n) is 5.28. The van der Waals surface area contributed by atoms with Crippen LogP contribution in [0.1, 0.15) is 19.3 Å². The van der Waals surface area contributed by atoms with Crippen molar-refractivity contribution in [1.82, 2.24) is 4.31 Å². The van der Waals surface area contributed by atoms with E-state index in [-0.39, 0.29) is 10.8 Å². The summed E-state index contributed by atoms with van der Waals surface area (Å²) in [4.78, 5) is 12.2. The van der Waals surface area contributed by atoms with Crippen molar-refractivity contribution >= 4 is 21.6 Å². The quantitative estimate of drug-likeness (QED) is 0.858. The van der Waals surface area contributed by atoms with E-state index in [1.165, 1.54) is 26.2 Å².